The van der Waals surface area contributed by atoms with Crippen LogP contribution in [-0.4, -0.2) is 58.6 Å². The number of carbonyl (C=O) groups is 2. The van der Waals surface area contributed by atoms with Crippen molar-refractivity contribution in [3.63, 3.8) is 0 Å². The molecule has 1 fully saturated rings. The standard InChI is InChI=1S/C23H25FN4O4/c1-31-13-9-23(26-21(29)17-2-4-18(24)5-3-17)8-11-28(15-23)22(30)20-7-6-19(32-20)14-27-12-10-25-16-27/h2-7,10,12,16H,8-9,11,13-15H2,1H3,(H,26,29). The predicted octanol–water partition coefficient (Wildman–Crippen LogP) is 2.71. The van der Waals surface area contributed by atoms with Crippen molar-refractivity contribution in [3.8, 4) is 0 Å². The first-order valence-electron chi connectivity index (χ1n) is 10.4. The molecule has 0 saturated carbocycles. The highest BCUT2D eigenvalue weighted by Gasteiger charge is 2.41. The number of benzene rings is 1. The molecule has 1 atom stereocenters. The Labute approximate surface area is 185 Å². The molecule has 3 aromatic rings. The fraction of sp³-hybridized carbons (Fsp3) is 0.348. The molecule has 168 valence electrons. The van der Waals surface area contributed by atoms with Crippen molar-refractivity contribution in [2.45, 2.75) is 24.9 Å². The first-order chi connectivity index (χ1) is 15.5. The van der Waals surface area contributed by atoms with E-state index in [9.17, 15) is 14.0 Å². The molecule has 2 aromatic heterocycles. The minimum atomic E-state index is -0.636. The molecule has 1 unspecified atom stereocenters. The number of imidazole rings is 1. The van der Waals surface area contributed by atoms with E-state index >= 15 is 0 Å². The number of carbonyl (C=O) groups excluding carboxylic acids is 2. The van der Waals surface area contributed by atoms with Crippen LogP contribution in [0.15, 0.2) is 59.5 Å². The van der Waals surface area contributed by atoms with Gasteiger partial charge in [-0.05, 0) is 49.2 Å². The number of aromatic nitrogens is 2. The third-order valence-corrected chi connectivity index (χ3v) is 5.68. The average molecular weight is 440 g/mol. The SMILES string of the molecule is COCCC1(NC(=O)c2ccc(F)cc2)CCN(C(=O)c2ccc(Cn3ccnc3)o2)C1. The smallest absolute Gasteiger partial charge is 0.289 e. The quantitative estimate of drug-likeness (QED) is 0.582. The van der Waals surface area contributed by atoms with Gasteiger partial charge in [-0.25, -0.2) is 9.37 Å². The van der Waals surface area contributed by atoms with Gasteiger partial charge in [-0.3, -0.25) is 9.59 Å². The minimum Gasteiger partial charge on any atom is -0.454 e. The number of hydrogen-bond donors (Lipinski definition) is 1. The maximum atomic E-state index is 13.2. The van der Waals surface area contributed by atoms with Gasteiger partial charge in [0.1, 0.15) is 11.6 Å². The lowest BCUT2D eigenvalue weighted by Gasteiger charge is -2.30. The first-order valence-corrected chi connectivity index (χ1v) is 10.4. The summed E-state index contributed by atoms with van der Waals surface area (Å²) in [4.78, 5) is 31.5. The summed E-state index contributed by atoms with van der Waals surface area (Å²) in [5, 5.41) is 3.06. The van der Waals surface area contributed by atoms with Crippen LogP contribution >= 0.6 is 0 Å². The van der Waals surface area contributed by atoms with E-state index in [1.165, 1.54) is 24.3 Å². The van der Waals surface area contributed by atoms with Crippen molar-refractivity contribution < 1.29 is 23.1 Å². The molecule has 8 nitrogen and oxygen atoms in total. The summed E-state index contributed by atoms with van der Waals surface area (Å²) >= 11 is 0. The van der Waals surface area contributed by atoms with E-state index in [0.29, 0.717) is 50.4 Å². The number of amides is 2. The van der Waals surface area contributed by atoms with E-state index in [1.807, 2.05) is 10.8 Å². The fourth-order valence-corrected chi connectivity index (χ4v) is 3.92. The normalized spacial score (nSPS) is 18.1. The van der Waals surface area contributed by atoms with E-state index in [0.717, 1.165) is 0 Å². The lowest BCUT2D eigenvalue weighted by atomic mass is 9.94. The Bertz CT molecular complexity index is 1060. The third-order valence-electron chi connectivity index (χ3n) is 5.68. The summed E-state index contributed by atoms with van der Waals surface area (Å²) in [5.74, 6) is -0.0271. The molecule has 0 bridgehead atoms. The number of nitrogens with zero attached hydrogens (tertiary/aromatic N) is 3. The van der Waals surface area contributed by atoms with Crippen molar-refractivity contribution in [1.29, 1.82) is 0 Å². The van der Waals surface area contributed by atoms with Crippen LogP contribution in [0.4, 0.5) is 4.39 Å². The Kier molecular flexibility index (Phi) is 6.36. The van der Waals surface area contributed by atoms with Crippen molar-refractivity contribution in [1.82, 2.24) is 19.8 Å². The van der Waals surface area contributed by atoms with Gasteiger partial charge >= 0.3 is 0 Å². The lowest BCUT2D eigenvalue weighted by Crippen LogP contribution is -2.51. The molecule has 9 heteroatoms. The van der Waals surface area contributed by atoms with Crippen molar-refractivity contribution in [3.05, 3.63) is 78.0 Å². The number of hydrogen-bond acceptors (Lipinski definition) is 5. The van der Waals surface area contributed by atoms with Crippen LogP contribution in [0.2, 0.25) is 0 Å². The molecular weight excluding hydrogens is 415 g/mol. The van der Waals surface area contributed by atoms with Gasteiger partial charge in [0.2, 0.25) is 0 Å². The molecular formula is C23H25FN4O4. The molecule has 1 aromatic carbocycles. The van der Waals surface area contributed by atoms with Crippen LogP contribution in [-0.2, 0) is 11.3 Å². The number of rotatable bonds is 8. The highest BCUT2D eigenvalue weighted by Crippen LogP contribution is 2.27. The molecule has 1 aliphatic heterocycles. The van der Waals surface area contributed by atoms with E-state index in [-0.39, 0.29) is 17.6 Å². The van der Waals surface area contributed by atoms with Crippen LogP contribution < -0.4 is 5.32 Å². The van der Waals surface area contributed by atoms with E-state index in [2.05, 4.69) is 10.3 Å². The molecule has 0 spiro atoms. The number of halogens is 1. The Morgan fingerprint density at radius 1 is 1.25 bits per heavy atom. The van der Waals surface area contributed by atoms with Crippen LogP contribution in [0.3, 0.4) is 0 Å². The maximum absolute atomic E-state index is 13.2. The second-order valence-electron chi connectivity index (χ2n) is 7.96. The molecule has 1 N–H and O–H groups in total. The number of nitrogens with one attached hydrogen (secondary N) is 1. The summed E-state index contributed by atoms with van der Waals surface area (Å²) < 4.78 is 26.0. The van der Waals surface area contributed by atoms with Gasteiger partial charge in [0.15, 0.2) is 5.76 Å². The van der Waals surface area contributed by atoms with Gasteiger partial charge in [-0.2, -0.15) is 0 Å². The van der Waals surface area contributed by atoms with Crippen LogP contribution in [0.25, 0.3) is 0 Å². The summed E-state index contributed by atoms with van der Waals surface area (Å²) in [5.41, 5.74) is -0.272. The molecule has 1 aliphatic rings. The van der Waals surface area contributed by atoms with Gasteiger partial charge in [-0.15, -0.1) is 0 Å². The zero-order valence-electron chi connectivity index (χ0n) is 17.8. The third kappa shape index (κ3) is 4.88. The molecule has 3 heterocycles. The topological polar surface area (TPSA) is 89.6 Å². The summed E-state index contributed by atoms with van der Waals surface area (Å²) in [6, 6.07) is 8.83. The molecule has 2 amide bonds. The summed E-state index contributed by atoms with van der Waals surface area (Å²) in [6.07, 6.45) is 6.30. The fourth-order valence-electron chi connectivity index (χ4n) is 3.92. The number of methoxy groups -OCH3 is 1. The minimum absolute atomic E-state index is 0.225. The second-order valence-corrected chi connectivity index (χ2v) is 7.96. The average Bonchev–Trinajstić information content (AvgIpc) is 3.55. The van der Waals surface area contributed by atoms with Crippen LogP contribution in [0, 0.1) is 5.82 Å². The Hall–Kier alpha value is -3.46. The Morgan fingerprint density at radius 3 is 2.78 bits per heavy atom. The van der Waals surface area contributed by atoms with Gasteiger partial charge < -0.3 is 23.9 Å². The number of furan rings is 1. The Morgan fingerprint density at radius 2 is 2.06 bits per heavy atom. The van der Waals surface area contributed by atoms with E-state index < -0.39 is 11.4 Å². The van der Waals surface area contributed by atoms with Gasteiger partial charge in [-0.1, -0.05) is 0 Å². The zero-order valence-corrected chi connectivity index (χ0v) is 17.8. The maximum Gasteiger partial charge on any atom is 0.289 e. The van der Waals surface area contributed by atoms with E-state index in [1.54, 1.807) is 36.7 Å². The molecule has 0 radical (unpaired) electrons. The van der Waals surface area contributed by atoms with Gasteiger partial charge in [0, 0.05) is 44.8 Å². The molecule has 32 heavy (non-hydrogen) atoms. The van der Waals surface area contributed by atoms with Gasteiger partial charge in [0.25, 0.3) is 11.8 Å². The first kappa shape index (κ1) is 21.8. The highest BCUT2D eigenvalue weighted by atomic mass is 19.1. The molecule has 0 aliphatic carbocycles. The monoisotopic (exact) mass is 440 g/mol. The van der Waals surface area contributed by atoms with Crippen molar-refractivity contribution >= 4 is 11.8 Å². The second kappa shape index (κ2) is 9.35. The van der Waals surface area contributed by atoms with Crippen molar-refractivity contribution in [2.24, 2.45) is 0 Å². The highest BCUT2D eigenvalue weighted by molar-refractivity contribution is 5.95. The van der Waals surface area contributed by atoms with Crippen LogP contribution in [0.1, 0.15) is 39.5 Å². The van der Waals surface area contributed by atoms with Crippen molar-refractivity contribution in [2.75, 3.05) is 26.8 Å². The molecule has 4 rings (SSSR count). The Balaban J connectivity index is 1.44. The van der Waals surface area contributed by atoms with Gasteiger partial charge in [0.05, 0.1) is 18.4 Å². The number of likely N-dealkylation sites (tertiary alicyclic amines) is 1. The van der Waals surface area contributed by atoms with E-state index in [4.69, 9.17) is 9.15 Å². The summed E-state index contributed by atoms with van der Waals surface area (Å²) in [7, 11) is 1.60. The predicted molar refractivity (Wildman–Crippen MR) is 114 cm³/mol. The largest absolute Gasteiger partial charge is 0.454 e. The summed E-state index contributed by atoms with van der Waals surface area (Å²) in [6.45, 7) is 1.73. The zero-order chi connectivity index (χ0) is 22.6. The lowest BCUT2D eigenvalue weighted by molar-refractivity contribution is 0.0719. The number of ether oxygens (including phenoxy) is 1. The molecule has 1 saturated heterocycles. The van der Waals surface area contributed by atoms with Crippen LogP contribution in [0.5, 0.6) is 0 Å².